The molecular formula is C18H28N2O. The van der Waals surface area contributed by atoms with Gasteiger partial charge in [0.2, 0.25) is 5.91 Å². The van der Waals surface area contributed by atoms with Crippen molar-refractivity contribution in [3.8, 4) is 0 Å². The van der Waals surface area contributed by atoms with Crippen LogP contribution in [-0.2, 0) is 16.8 Å². The Kier molecular flexibility index (Phi) is 5.04. The molecule has 0 radical (unpaired) electrons. The van der Waals surface area contributed by atoms with Crippen LogP contribution in [0.25, 0.3) is 0 Å². The van der Waals surface area contributed by atoms with Gasteiger partial charge in [0, 0.05) is 12.0 Å². The highest BCUT2D eigenvalue weighted by Gasteiger charge is 2.29. The fraction of sp³-hybridized carbons (Fsp3) is 0.611. The van der Waals surface area contributed by atoms with E-state index in [1.807, 2.05) is 0 Å². The van der Waals surface area contributed by atoms with Crippen LogP contribution in [-0.4, -0.2) is 18.5 Å². The number of benzene rings is 1. The molecule has 0 saturated carbocycles. The Morgan fingerprint density at radius 1 is 1.33 bits per heavy atom. The smallest absolute Gasteiger partial charge is 0.223 e. The van der Waals surface area contributed by atoms with Gasteiger partial charge in [-0.05, 0) is 57.7 Å². The van der Waals surface area contributed by atoms with E-state index < -0.39 is 0 Å². The summed E-state index contributed by atoms with van der Waals surface area (Å²) in [7, 11) is 0. The number of nitrogens with one attached hydrogen (secondary N) is 2. The summed E-state index contributed by atoms with van der Waals surface area (Å²) < 4.78 is 0. The summed E-state index contributed by atoms with van der Waals surface area (Å²) in [6, 6.07) is 8.99. The first kappa shape index (κ1) is 16.0. The maximum atomic E-state index is 12.5. The molecule has 0 aliphatic carbocycles. The monoisotopic (exact) mass is 288 g/mol. The molecule has 2 rings (SSSR count). The lowest BCUT2D eigenvalue weighted by Gasteiger charge is -2.32. The molecule has 0 aromatic heterocycles. The largest absolute Gasteiger partial charge is 0.347 e. The van der Waals surface area contributed by atoms with E-state index in [-0.39, 0.29) is 17.4 Å². The van der Waals surface area contributed by atoms with Crippen molar-refractivity contribution < 1.29 is 4.79 Å². The first-order chi connectivity index (χ1) is 9.92. The summed E-state index contributed by atoms with van der Waals surface area (Å²) in [5, 5.41) is 6.63. The van der Waals surface area contributed by atoms with Gasteiger partial charge >= 0.3 is 0 Å². The fourth-order valence-corrected chi connectivity index (χ4v) is 3.01. The van der Waals surface area contributed by atoms with Gasteiger partial charge in [-0.25, -0.2) is 0 Å². The Balaban J connectivity index is 2.03. The van der Waals surface area contributed by atoms with Crippen molar-refractivity contribution in [1.82, 2.24) is 10.6 Å². The SMILES string of the molecule is CCc1ccc(C(C)(C)NC(=O)[C@H]2CCN[C@@H](C)C2)cc1. The third kappa shape index (κ3) is 4.07. The van der Waals surface area contributed by atoms with E-state index in [1.54, 1.807) is 0 Å². The highest BCUT2D eigenvalue weighted by Crippen LogP contribution is 2.23. The molecule has 2 atom stereocenters. The average molecular weight is 288 g/mol. The third-order valence-electron chi connectivity index (χ3n) is 4.51. The molecule has 1 aromatic carbocycles. The predicted octanol–water partition coefficient (Wildman–Crippen LogP) is 2.99. The summed E-state index contributed by atoms with van der Waals surface area (Å²) >= 11 is 0. The predicted molar refractivity (Wildman–Crippen MR) is 87.2 cm³/mol. The zero-order valence-electron chi connectivity index (χ0n) is 13.7. The van der Waals surface area contributed by atoms with Crippen molar-refractivity contribution in [1.29, 1.82) is 0 Å². The minimum Gasteiger partial charge on any atom is -0.347 e. The second kappa shape index (κ2) is 6.61. The van der Waals surface area contributed by atoms with Crippen LogP contribution in [0.3, 0.4) is 0 Å². The first-order valence-electron chi connectivity index (χ1n) is 8.07. The lowest BCUT2D eigenvalue weighted by molar-refractivity contribution is -0.127. The average Bonchev–Trinajstić information content (AvgIpc) is 2.47. The molecule has 1 aromatic rings. The molecule has 1 amide bonds. The Bertz CT molecular complexity index is 478. The standard InChI is InChI=1S/C18H28N2O/c1-5-14-6-8-16(9-7-14)18(3,4)20-17(21)15-10-11-19-13(2)12-15/h6-9,13,15,19H,5,10-12H2,1-4H3,(H,20,21)/t13-,15-/m0/s1. The molecular weight excluding hydrogens is 260 g/mol. The van der Waals surface area contributed by atoms with Crippen LogP contribution >= 0.6 is 0 Å². The highest BCUT2D eigenvalue weighted by molar-refractivity contribution is 5.79. The quantitative estimate of drug-likeness (QED) is 0.894. The van der Waals surface area contributed by atoms with Crippen LogP contribution in [0.15, 0.2) is 24.3 Å². The summed E-state index contributed by atoms with van der Waals surface area (Å²) in [6.45, 7) is 9.39. The number of rotatable bonds is 4. The van der Waals surface area contributed by atoms with Crippen LogP contribution < -0.4 is 10.6 Å². The van der Waals surface area contributed by atoms with Crippen molar-refractivity contribution in [2.24, 2.45) is 5.92 Å². The van der Waals surface area contributed by atoms with E-state index in [2.05, 4.69) is 62.6 Å². The number of piperidine rings is 1. The van der Waals surface area contributed by atoms with Gasteiger partial charge in [-0.1, -0.05) is 31.2 Å². The van der Waals surface area contributed by atoms with Crippen LogP contribution in [0.1, 0.15) is 51.7 Å². The second-order valence-electron chi connectivity index (χ2n) is 6.74. The lowest BCUT2D eigenvalue weighted by atomic mass is 9.89. The van der Waals surface area contributed by atoms with Gasteiger partial charge in [-0.2, -0.15) is 0 Å². The molecule has 3 heteroatoms. The minimum absolute atomic E-state index is 0.135. The van der Waals surface area contributed by atoms with E-state index >= 15 is 0 Å². The molecule has 1 saturated heterocycles. The van der Waals surface area contributed by atoms with Crippen molar-refractivity contribution in [3.63, 3.8) is 0 Å². The molecule has 21 heavy (non-hydrogen) atoms. The molecule has 0 unspecified atom stereocenters. The molecule has 2 N–H and O–H groups in total. The molecule has 1 aliphatic heterocycles. The van der Waals surface area contributed by atoms with Crippen molar-refractivity contribution in [3.05, 3.63) is 35.4 Å². The van der Waals surface area contributed by atoms with Gasteiger partial charge in [-0.3, -0.25) is 4.79 Å². The van der Waals surface area contributed by atoms with Crippen molar-refractivity contribution >= 4 is 5.91 Å². The van der Waals surface area contributed by atoms with E-state index in [0.29, 0.717) is 6.04 Å². The van der Waals surface area contributed by atoms with Crippen LogP contribution in [0.4, 0.5) is 0 Å². The zero-order valence-corrected chi connectivity index (χ0v) is 13.7. The topological polar surface area (TPSA) is 41.1 Å². The van der Waals surface area contributed by atoms with Gasteiger partial charge in [0.05, 0.1) is 5.54 Å². The summed E-state index contributed by atoms with van der Waals surface area (Å²) in [4.78, 5) is 12.5. The van der Waals surface area contributed by atoms with Gasteiger partial charge in [0.1, 0.15) is 0 Å². The highest BCUT2D eigenvalue weighted by atomic mass is 16.2. The number of amides is 1. The van der Waals surface area contributed by atoms with Crippen molar-refractivity contribution in [2.45, 2.75) is 58.5 Å². The number of carbonyl (C=O) groups is 1. The zero-order chi connectivity index (χ0) is 15.5. The van der Waals surface area contributed by atoms with E-state index in [9.17, 15) is 4.79 Å². The molecule has 0 spiro atoms. The first-order valence-corrected chi connectivity index (χ1v) is 8.07. The summed E-state index contributed by atoms with van der Waals surface area (Å²) in [5.41, 5.74) is 2.17. The van der Waals surface area contributed by atoms with Crippen LogP contribution in [0.5, 0.6) is 0 Å². The van der Waals surface area contributed by atoms with Gasteiger partial charge < -0.3 is 10.6 Å². The van der Waals surface area contributed by atoms with E-state index in [1.165, 1.54) is 5.56 Å². The molecule has 0 bridgehead atoms. The summed E-state index contributed by atoms with van der Waals surface area (Å²) in [5.74, 6) is 0.323. The Hall–Kier alpha value is -1.35. The molecule has 1 aliphatic rings. The number of hydrogen-bond acceptors (Lipinski definition) is 2. The van der Waals surface area contributed by atoms with Crippen molar-refractivity contribution in [2.75, 3.05) is 6.54 Å². The van der Waals surface area contributed by atoms with E-state index in [4.69, 9.17) is 0 Å². The molecule has 116 valence electrons. The molecule has 1 fully saturated rings. The third-order valence-corrected chi connectivity index (χ3v) is 4.51. The Labute approximate surface area is 128 Å². The minimum atomic E-state index is -0.322. The summed E-state index contributed by atoms with van der Waals surface area (Å²) in [6.07, 6.45) is 2.90. The number of hydrogen-bond donors (Lipinski definition) is 2. The fourth-order valence-electron chi connectivity index (χ4n) is 3.01. The molecule has 3 nitrogen and oxygen atoms in total. The van der Waals surface area contributed by atoms with Gasteiger partial charge in [-0.15, -0.1) is 0 Å². The number of carbonyl (C=O) groups excluding carboxylic acids is 1. The normalized spacial score (nSPS) is 22.9. The Morgan fingerprint density at radius 3 is 2.57 bits per heavy atom. The number of aryl methyl sites for hydroxylation is 1. The van der Waals surface area contributed by atoms with Crippen LogP contribution in [0, 0.1) is 5.92 Å². The van der Waals surface area contributed by atoms with Gasteiger partial charge in [0.15, 0.2) is 0 Å². The molecule has 1 heterocycles. The maximum Gasteiger partial charge on any atom is 0.223 e. The van der Waals surface area contributed by atoms with Crippen LogP contribution in [0.2, 0.25) is 0 Å². The van der Waals surface area contributed by atoms with Gasteiger partial charge in [0.25, 0.3) is 0 Å². The lowest BCUT2D eigenvalue weighted by Crippen LogP contribution is -2.48. The Morgan fingerprint density at radius 2 is 2.00 bits per heavy atom. The van der Waals surface area contributed by atoms with E-state index in [0.717, 1.165) is 31.4 Å². The second-order valence-corrected chi connectivity index (χ2v) is 6.74. The maximum absolute atomic E-state index is 12.5.